The lowest BCUT2D eigenvalue weighted by molar-refractivity contribution is 0.0690. The SMILES string of the molecule is Cc1csc(C2CCCN(c3cccc(C(=O)O)n3)C2)n1. The number of carboxylic acid groups (broad SMARTS) is 1. The van der Waals surface area contributed by atoms with Gasteiger partial charge in [0.05, 0.1) is 5.01 Å². The lowest BCUT2D eigenvalue weighted by Crippen LogP contribution is -2.35. The molecule has 0 radical (unpaired) electrons. The van der Waals surface area contributed by atoms with Crippen LogP contribution in [0.1, 0.15) is 39.9 Å². The summed E-state index contributed by atoms with van der Waals surface area (Å²) in [7, 11) is 0. The highest BCUT2D eigenvalue weighted by Crippen LogP contribution is 2.31. The Labute approximate surface area is 127 Å². The number of rotatable bonds is 3. The lowest BCUT2D eigenvalue weighted by atomic mass is 9.98. The van der Waals surface area contributed by atoms with E-state index < -0.39 is 5.97 Å². The molecule has 1 saturated heterocycles. The Hall–Kier alpha value is -1.95. The number of carbonyl (C=O) groups is 1. The fourth-order valence-electron chi connectivity index (χ4n) is 2.66. The second-order valence-electron chi connectivity index (χ2n) is 5.30. The Morgan fingerprint density at radius 2 is 2.29 bits per heavy atom. The van der Waals surface area contributed by atoms with E-state index in [-0.39, 0.29) is 5.69 Å². The third-order valence-electron chi connectivity index (χ3n) is 3.68. The molecule has 2 aromatic heterocycles. The molecule has 0 amide bonds. The minimum absolute atomic E-state index is 0.0970. The molecule has 0 bridgehead atoms. The lowest BCUT2D eigenvalue weighted by Gasteiger charge is -2.32. The van der Waals surface area contributed by atoms with Crippen LogP contribution in [0.2, 0.25) is 0 Å². The fourth-order valence-corrected chi connectivity index (χ4v) is 3.59. The zero-order valence-electron chi connectivity index (χ0n) is 11.8. The summed E-state index contributed by atoms with van der Waals surface area (Å²) in [4.78, 5) is 22.0. The number of aromatic nitrogens is 2. The predicted octanol–water partition coefficient (Wildman–Crippen LogP) is 2.93. The Balaban J connectivity index is 1.79. The van der Waals surface area contributed by atoms with Crippen molar-refractivity contribution < 1.29 is 9.90 Å². The number of anilines is 1. The quantitative estimate of drug-likeness (QED) is 0.944. The van der Waals surface area contributed by atoms with Gasteiger partial charge in [-0.2, -0.15) is 0 Å². The van der Waals surface area contributed by atoms with Gasteiger partial charge in [0.1, 0.15) is 5.82 Å². The second kappa shape index (κ2) is 5.81. The summed E-state index contributed by atoms with van der Waals surface area (Å²) in [6.45, 7) is 3.78. The van der Waals surface area contributed by atoms with Gasteiger partial charge >= 0.3 is 5.97 Å². The van der Waals surface area contributed by atoms with Gasteiger partial charge in [0.25, 0.3) is 0 Å². The monoisotopic (exact) mass is 303 g/mol. The van der Waals surface area contributed by atoms with Crippen molar-refractivity contribution in [2.45, 2.75) is 25.7 Å². The van der Waals surface area contributed by atoms with E-state index in [1.54, 1.807) is 17.4 Å². The molecule has 5 nitrogen and oxygen atoms in total. The van der Waals surface area contributed by atoms with Crippen LogP contribution in [-0.4, -0.2) is 34.1 Å². The standard InChI is InChI=1S/C15H17N3O2S/c1-10-9-21-14(16-10)11-4-3-7-18(8-11)13-6-2-5-12(17-13)15(19)20/h2,5-6,9,11H,3-4,7-8H2,1H3,(H,19,20). The topological polar surface area (TPSA) is 66.3 Å². The van der Waals surface area contributed by atoms with Gasteiger partial charge < -0.3 is 10.0 Å². The molecule has 1 aliphatic heterocycles. The van der Waals surface area contributed by atoms with Gasteiger partial charge in [-0.1, -0.05) is 6.07 Å². The second-order valence-corrected chi connectivity index (χ2v) is 6.19. The van der Waals surface area contributed by atoms with Crippen LogP contribution < -0.4 is 4.90 Å². The van der Waals surface area contributed by atoms with Gasteiger partial charge in [-0.25, -0.2) is 14.8 Å². The van der Waals surface area contributed by atoms with Crippen LogP contribution in [0.3, 0.4) is 0 Å². The molecule has 1 aliphatic rings. The molecule has 0 aliphatic carbocycles. The molecule has 110 valence electrons. The molecular formula is C15H17N3O2S. The fraction of sp³-hybridized carbons (Fsp3) is 0.400. The Kier molecular flexibility index (Phi) is 3.88. The van der Waals surface area contributed by atoms with E-state index in [0.717, 1.165) is 37.4 Å². The third-order valence-corrected chi connectivity index (χ3v) is 4.81. The van der Waals surface area contributed by atoms with Crippen LogP contribution in [-0.2, 0) is 0 Å². The number of aromatic carboxylic acids is 1. The van der Waals surface area contributed by atoms with E-state index in [0.29, 0.717) is 5.92 Å². The van der Waals surface area contributed by atoms with Crippen LogP contribution >= 0.6 is 11.3 Å². The molecule has 3 heterocycles. The number of aryl methyl sites for hydroxylation is 1. The molecule has 1 N–H and O–H groups in total. The van der Waals surface area contributed by atoms with Crippen molar-refractivity contribution in [1.29, 1.82) is 0 Å². The summed E-state index contributed by atoms with van der Waals surface area (Å²) in [6, 6.07) is 5.16. The number of carboxylic acids is 1. The Morgan fingerprint density at radius 3 is 3.00 bits per heavy atom. The van der Waals surface area contributed by atoms with Crippen molar-refractivity contribution in [2.24, 2.45) is 0 Å². The first kappa shape index (κ1) is 14.0. The molecule has 21 heavy (non-hydrogen) atoms. The smallest absolute Gasteiger partial charge is 0.354 e. The average Bonchev–Trinajstić information content (AvgIpc) is 2.94. The van der Waals surface area contributed by atoms with E-state index in [9.17, 15) is 4.79 Å². The highest BCUT2D eigenvalue weighted by atomic mass is 32.1. The van der Waals surface area contributed by atoms with Crippen LogP contribution in [0.4, 0.5) is 5.82 Å². The van der Waals surface area contributed by atoms with Crippen LogP contribution in [0, 0.1) is 6.92 Å². The van der Waals surface area contributed by atoms with E-state index in [1.165, 1.54) is 11.1 Å². The number of thiazole rings is 1. The van der Waals surface area contributed by atoms with Gasteiger partial charge in [-0.15, -0.1) is 11.3 Å². The summed E-state index contributed by atoms with van der Waals surface area (Å²) in [6.07, 6.45) is 2.20. The van der Waals surface area contributed by atoms with Crippen molar-refractivity contribution in [1.82, 2.24) is 9.97 Å². The van der Waals surface area contributed by atoms with Crippen LogP contribution in [0.25, 0.3) is 0 Å². The van der Waals surface area contributed by atoms with Crippen molar-refractivity contribution in [3.63, 3.8) is 0 Å². The van der Waals surface area contributed by atoms with Crippen LogP contribution in [0.15, 0.2) is 23.6 Å². The average molecular weight is 303 g/mol. The number of hydrogen-bond acceptors (Lipinski definition) is 5. The predicted molar refractivity (Wildman–Crippen MR) is 82.2 cm³/mol. The summed E-state index contributed by atoms with van der Waals surface area (Å²) in [5.41, 5.74) is 1.16. The molecular weight excluding hydrogens is 286 g/mol. The zero-order chi connectivity index (χ0) is 14.8. The van der Waals surface area contributed by atoms with Gasteiger partial charge in [0.2, 0.25) is 0 Å². The van der Waals surface area contributed by atoms with E-state index in [2.05, 4.69) is 20.2 Å². The third kappa shape index (κ3) is 3.05. The molecule has 0 saturated carbocycles. The van der Waals surface area contributed by atoms with Gasteiger partial charge in [-0.3, -0.25) is 0 Å². The molecule has 0 spiro atoms. The molecule has 0 aromatic carbocycles. The number of piperidine rings is 1. The number of nitrogens with zero attached hydrogens (tertiary/aromatic N) is 3. The summed E-state index contributed by atoms with van der Waals surface area (Å²) < 4.78 is 0. The summed E-state index contributed by atoms with van der Waals surface area (Å²) in [5, 5.41) is 12.3. The van der Waals surface area contributed by atoms with E-state index in [1.807, 2.05) is 13.0 Å². The van der Waals surface area contributed by atoms with Crippen molar-refractivity contribution in [2.75, 3.05) is 18.0 Å². The Morgan fingerprint density at radius 1 is 1.43 bits per heavy atom. The molecule has 3 rings (SSSR count). The largest absolute Gasteiger partial charge is 0.477 e. The summed E-state index contributed by atoms with van der Waals surface area (Å²) in [5.74, 6) is 0.168. The molecule has 1 fully saturated rings. The first-order valence-corrected chi connectivity index (χ1v) is 7.89. The van der Waals surface area contributed by atoms with Gasteiger partial charge in [0, 0.05) is 30.1 Å². The van der Waals surface area contributed by atoms with Crippen molar-refractivity contribution >= 4 is 23.1 Å². The molecule has 1 unspecified atom stereocenters. The first-order chi connectivity index (χ1) is 10.1. The summed E-state index contributed by atoms with van der Waals surface area (Å²) >= 11 is 1.71. The van der Waals surface area contributed by atoms with Crippen molar-refractivity contribution in [3.05, 3.63) is 40.0 Å². The first-order valence-electron chi connectivity index (χ1n) is 7.01. The highest BCUT2D eigenvalue weighted by molar-refractivity contribution is 7.09. The maximum Gasteiger partial charge on any atom is 0.354 e. The minimum atomic E-state index is -0.985. The molecule has 2 aromatic rings. The number of pyridine rings is 1. The Bertz CT molecular complexity index is 656. The van der Waals surface area contributed by atoms with Gasteiger partial charge in [-0.05, 0) is 31.9 Å². The van der Waals surface area contributed by atoms with Gasteiger partial charge in [0.15, 0.2) is 5.69 Å². The maximum absolute atomic E-state index is 11.0. The molecule has 6 heteroatoms. The van der Waals surface area contributed by atoms with E-state index >= 15 is 0 Å². The number of hydrogen-bond donors (Lipinski definition) is 1. The molecule has 1 atom stereocenters. The van der Waals surface area contributed by atoms with Crippen molar-refractivity contribution in [3.8, 4) is 0 Å². The normalized spacial score (nSPS) is 18.7. The highest BCUT2D eigenvalue weighted by Gasteiger charge is 2.24. The maximum atomic E-state index is 11.0. The zero-order valence-corrected chi connectivity index (χ0v) is 12.6. The minimum Gasteiger partial charge on any atom is -0.477 e. The van der Waals surface area contributed by atoms with Crippen LogP contribution in [0.5, 0.6) is 0 Å². The van der Waals surface area contributed by atoms with E-state index in [4.69, 9.17) is 5.11 Å².